The van der Waals surface area contributed by atoms with Crippen LogP contribution in [0.15, 0.2) is 29.3 Å². The van der Waals surface area contributed by atoms with Crippen LogP contribution in [0.3, 0.4) is 0 Å². The Balaban J connectivity index is 2.87. The summed E-state index contributed by atoms with van der Waals surface area (Å²) in [5, 5.41) is 1.13. The summed E-state index contributed by atoms with van der Waals surface area (Å²) in [6.45, 7) is 2.52. The average molecular weight is 209 g/mol. The summed E-state index contributed by atoms with van der Waals surface area (Å²) in [7, 11) is 0. The summed E-state index contributed by atoms with van der Waals surface area (Å²) in [5.41, 5.74) is 0.643. The van der Waals surface area contributed by atoms with E-state index in [9.17, 15) is 4.79 Å². The molecule has 72 valence electrons. The van der Waals surface area contributed by atoms with Crippen LogP contribution in [-0.2, 0) is 6.54 Å². The first kappa shape index (κ1) is 9.21. The van der Waals surface area contributed by atoms with E-state index in [4.69, 9.17) is 11.6 Å². The summed E-state index contributed by atoms with van der Waals surface area (Å²) in [4.78, 5) is 15.9. The number of nitrogens with zero attached hydrogens (tertiary/aromatic N) is 2. The molecule has 2 rings (SSSR count). The molecule has 0 amide bonds. The third-order valence-corrected chi connectivity index (χ3v) is 2.36. The quantitative estimate of drug-likeness (QED) is 0.719. The molecule has 0 spiro atoms. The Hall–Kier alpha value is -1.35. The number of aromatic nitrogens is 2. The molecule has 0 aliphatic rings. The van der Waals surface area contributed by atoms with Crippen LogP contribution in [0.1, 0.15) is 6.92 Å². The highest BCUT2D eigenvalue weighted by atomic mass is 35.5. The van der Waals surface area contributed by atoms with Crippen LogP contribution in [0.2, 0.25) is 5.02 Å². The van der Waals surface area contributed by atoms with Crippen molar-refractivity contribution in [1.29, 1.82) is 0 Å². The van der Waals surface area contributed by atoms with Crippen molar-refractivity contribution in [2.24, 2.45) is 0 Å². The molecular weight excluding hydrogens is 200 g/mol. The van der Waals surface area contributed by atoms with Crippen molar-refractivity contribution in [3.05, 3.63) is 39.9 Å². The monoisotopic (exact) mass is 208 g/mol. The average Bonchev–Trinajstić information content (AvgIpc) is 2.20. The van der Waals surface area contributed by atoms with Gasteiger partial charge in [-0.05, 0) is 25.1 Å². The van der Waals surface area contributed by atoms with Gasteiger partial charge in [0.1, 0.15) is 0 Å². The number of hydrogen-bond acceptors (Lipinski definition) is 2. The summed E-state index contributed by atoms with van der Waals surface area (Å²) >= 11 is 5.81. The number of fused-ring (bicyclic) bond motifs is 1. The fourth-order valence-corrected chi connectivity index (χ4v) is 1.53. The van der Waals surface area contributed by atoms with Crippen LogP contribution in [0, 0.1) is 0 Å². The molecule has 0 fully saturated rings. The molecule has 0 aliphatic heterocycles. The van der Waals surface area contributed by atoms with E-state index in [2.05, 4.69) is 4.98 Å². The van der Waals surface area contributed by atoms with E-state index < -0.39 is 0 Å². The van der Waals surface area contributed by atoms with Crippen molar-refractivity contribution in [3.63, 3.8) is 0 Å². The molecule has 0 N–H and O–H groups in total. The van der Waals surface area contributed by atoms with E-state index in [1.807, 2.05) is 6.92 Å². The highest BCUT2D eigenvalue weighted by molar-refractivity contribution is 6.31. The minimum Gasteiger partial charge on any atom is -0.299 e. The van der Waals surface area contributed by atoms with Gasteiger partial charge in [0.15, 0.2) is 0 Å². The predicted molar refractivity (Wildman–Crippen MR) is 56.7 cm³/mol. The van der Waals surface area contributed by atoms with Gasteiger partial charge < -0.3 is 0 Å². The first-order valence-electron chi connectivity index (χ1n) is 4.37. The van der Waals surface area contributed by atoms with Crippen molar-refractivity contribution in [2.75, 3.05) is 0 Å². The molecule has 0 saturated heterocycles. The maximum Gasteiger partial charge on any atom is 0.261 e. The lowest BCUT2D eigenvalue weighted by Crippen LogP contribution is -2.19. The van der Waals surface area contributed by atoms with Crippen LogP contribution in [0.5, 0.6) is 0 Å². The second-order valence-corrected chi connectivity index (χ2v) is 3.43. The maximum absolute atomic E-state index is 11.8. The Bertz CT molecular complexity index is 533. The van der Waals surface area contributed by atoms with E-state index in [-0.39, 0.29) is 5.56 Å². The predicted octanol–water partition coefficient (Wildman–Crippen LogP) is 2.07. The van der Waals surface area contributed by atoms with Gasteiger partial charge in [-0.25, -0.2) is 4.98 Å². The topological polar surface area (TPSA) is 34.9 Å². The van der Waals surface area contributed by atoms with Gasteiger partial charge in [0.2, 0.25) is 0 Å². The van der Waals surface area contributed by atoms with E-state index in [1.54, 1.807) is 29.1 Å². The molecule has 0 bridgehead atoms. The highest BCUT2D eigenvalue weighted by Gasteiger charge is 2.02. The lowest BCUT2D eigenvalue weighted by atomic mass is 10.2. The number of rotatable bonds is 1. The zero-order valence-corrected chi connectivity index (χ0v) is 8.45. The minimum atomic E-state index is -0.0417. The number of benzene rings is 1. The number of aryl methyl sites for hydroxylation is 1. The van der Waals surface area contributed by atoms with Gasteiger partial charge in [0, 0.05) is 11.6 Å². The summed E-state index contributed by atoms with van der Waals surface area (Å²) in [6, 6.07) is 5.13. The molecule has 0 unspecified atom stereocenters. The van der Waals surface area contributed by atoms with Crippen LogP contribution in [0.4, 0.5) is 0 Å². The molecular formula is C10H9ClN2O. The Morgan fingerprint density at radius 1 is 1.50 bits per heavy atom. The SMILES string of the molecule is CCn1cnc2ccc(Cl)cc2c1=O. The van der Waals surface area contributed by atoms with Crippen molar-refractivity contribution in [3.8, 4) is 0 Å². The van der Waals surface area contributed by atoms with Gasteiger partial charge in [-0.15, -0.1) is 0 Å². The van der Waals surface area contributed by atoms with E-state index in [0.717, 1.165) is 0 Å². The first-order valence-corrected chi connectivity index (χ1v) is 4.75. The molecule has 4 heteroatoms. The molecule has 0 radical (unpaired) electrons. The third-order valence-electron chi connectivity index (χ3n) is 2.13. The van der Waals surface area contributed by atoms with Gasteiger partial charge in [0.25, 0.3) is 5.56 Å². The smallest absolute Gasteiger partial charge is 0.261 e. The second kappa shape index (κ2) is 3.42. The largest absolute Gasteiger partial charge is 0.299 e. The van der Waals surface area contributed by atoms with Crippen LogP contribution < -0.4 is 5.56 Å². The Morgan fingerprint density at radius 3 is 3.00 bits per heavy atom. The fraction of sp³-hybridized carbons (Fsp3) is 0.200. The van der Waals surface area contributed by atoms with Gasteiger partial charge in [0.05, 0.1) is 17.2 Å². The molecule has 3 nitrogen and oxygen atoms in total. The van der Waals surface area contributed by atoms with E-state index in [0.29, 0.717) is 22.5 Å². The molecule has 0 aliphatic carbocycles. The van der Waals surface area contributed by atoms with E-state index in [1.165, 1.54) is 0 Å². The Labute approximate surface area is 86.0 Å². The molecule has 0 atom stereocenters. The molecule has 1 aromatic heterocycles. The zero-order chi connectivity index (χ0) is 10.1. The maximum atomic E-state index is 11.8. The van der Waals surface area contributed by atoms with Crippen LogP contribution >= 0.6 is 11.6 Å². The molecule has 1 heterocycles. The van der Waals surface area contributed by atoms with Crippen molar-refractivity contribution < 1.29 is 0 Å². The summed E-state index contributed by atoms with van der Waals surface area (Å²) in [5.74, 6) is 0. The third kappa shape index (κ3) is 1.40. The van der Waals surface area contributed by atoms with Crippen molar-refractivity contribution in [1.82, 2.24) is 9.55 Å². The second-order valence-electron chi connectivity index (χ2n) is 3.00. The zero-order valence-electron chi connectivity index (χ0n) is 7.70. The fourth-order valence-electron chi connectivity index (χ4n) is 1.36. The van der Waals surface area contributed by atoms with Gasteiger partial charge in [-0.2, -0.15) is 0 Å². The number of halogens is 1. The van der Waals surface area contributed by atoms with Crippen LogP contribution in [-0.4, -0.2) is 9.55 Å². The van der Waals surface area contributed by atoms with Gasteiger partial charge in [-0.3, -0.25) is 9.36 Å². The lowest BCUT2D eigenvalue weighted by Gasteiger charge is -2.02. The standard InChI is InChI=1S/C10H9ClN2O/c1-2-13-6-12-9-4-3-7(11)5-8(9)10(13)14/h3-6H,2H2,1H3. The van der Waals surface area contributed by atoms with Crippen molar-refractivity contribution in [2.45, 2.75) is 13.5 Å². The first-order chi connectivity index (χ1) is 6.72. The van der Waals surface area contributed by atoms with Crippen LogP contribution in [0.25, 0.3) is 10.9 Å². The summed E-state index contributed by atoms with van der Waals surface area (Å²) < 4.78 is 1.55. The van der Waals surface area contributed by atoms with Crippen molar-refractivity contribution >= 4 is 22.5 Å². The van der Waals surface area contributed by atoms with Gasteiger partial charge >= 0.3 is 0 Å². The Kier molecular flexibility index (Phi) is 2.25. The Morgan fingerprint density at radius 2 is 2.29 bits per heavy atom. The van der Waals surface area contributed by atoms with Gasteiger partial charge in [-0.1, -0.05) is 11.6 Å². The highest BCUT2D eigenvalue weighted by Crippen LogP contribution is 2.13. The molecule has 2 aromatic rings. The normalized spacial score (nSPS) is 10.7. The minimum absolute atomic E-state index is 0.0417. The number of hydrogen-bond donors (Lipinski definition) is 0. The molecule has 0 saturated carbocycles. The lowest BCUT2D eigenvalue weighted by molar-refractivity contribution is 0.717. The molecule has 14 heavy (non-hydrogen) atoms. The van der Waals surface area contributed by atoms with E-state index >= 15 is 0 Å². The molecule has 1 aromatic carbocycles. The summed E-state index contributed by atoms with van der Waals surface area (Å²) in [6.07, 6.45) is 1.55.